The van der Waals surface area contributed by atoms with E-state index in [-0.39, 0.29) is 12.2 Å². The number of carboxylic acids is 1. The van der Waals surface area contributed by atoms with Gasteiger partial charge in [0.15, 0.2) is 0 Å². The van der Waals surface area contributed by atoms with Crippen molar-refractivity contribution in [2.75, 3.05) is 0 Å². The van der Waals surface area contributed by atoms with Crippen LogP contribution in [0.15, 0.2) is 66.7 Å². The van der Waals surface area contributed by atoms with Gasteiger partial charge in [0, 0.05) is 6.42 Å². The fourth-order valence-electron chi connectivity index (χ4n) is 3.12. The molecule has 0 aromatic heterocycles. The first kappa shape index (κ1) is 19.8. The van der Waals surface area contributed by atoms with Crippen molar-refractivity contribution in [1.82, 2.24) is 0 Å². The number of benzene rings is 2. The Hall–Kier alpha value is -2.55. The van der Waals surface area contributed by atoms with E-state index in [1.54, 1.807) is 24.3 Å². The lowest BCUT2D eigenvalue weighted by Crippen LogP contribution is -1.97. The molecule has 0 saturated heterocycles. The minimum Gasteiger partial charge on any atom is -0.508 e. The Bertz CT molecular complexity index is 686. The number of carbonyl (C=O) groups is 1. The molecule has 2 aromatic rings. The molecule has 26 heavy (non-hydrogen) atoms. The van der Waals surface area contributed by atoms with Crippen molar-refractivity contribution in [2.24, 2.45) is 5.92 Å². The molecule has 1 aliphatic carbocycles. The topological polar surface area (TPSA) is 57.5 Å². The van der Waals surface area contributed by atoms with Gasteiger partial charge in [-0.2, -0.15) is 0 Å². The predicted molar refractivity (Wildman–Crippen MR) is 105 cm³/mol. The molecule has 3 rings (SSSR count). The number of rotatable bonds is 6. The van der Waals surface area contributed by atoms with E-state index in [0.29, 0.717) is 12.0 Å². The van der Waals surface area contributed by atoms with Crippen molar-refractivity contribution in [2.45, 2.75) is 44.9 Å². The number of hydrogen-bond acceptors (Lipinski definition) is 2. The molecule has 1 fully saturated rings. The second-order valence-corrected chi connectivity index (χ2v) is 6.68. The molecule has 1 saturated carbocycles. The summed E-state index contributed by atoms with van der Waals surface area (Å²) in [6.07, 6.45) is 12.0. The van der Waals surface area contributed by atoms with Crippen molar-refractivity contribution in [3.05, 3.63) is 77.9 Å². The molecule has 0 unspecified atom stereocenters. The third-order valence-corrected chi connectivity index (χ3v) is 4.60. The first-order valence-corrected chi connectivity index (χ1v) is 9.34. The van der Waals surface area contributed by atoms with Crippen LogP contribution in [0, 0.1) is 5.92 Å². The Balaban J connectivity index is 0.000000190. The average Bonchev–Trinajstić information content (AvgIpc) is 3.16. The number of aliphatic carboxylic acids is 1. The van der Waals surface area contributed by atoms with Gasteiger partial charge >= 0.3 is 5.97 Å². The highest BCUT2D eigenvalue weighted by atomic mass is 16.4. The maximum Gasteiger partial charge on any atom is 0.303 e. The molecule has 0 bridgehead atoms. The molecule has 0 aliphatic heterocycles. The number of allylic oxidation sites excluding steroid dienone is 2. The molecule has 1 aliphatic rings. The highest BCUT2D eigenvalue weighted by Gasteiger charge is 2.10. The summed E-state index contributed by atoms with van der Waals surface area (Å²) in [5.74, 6) is 0.190. The second kappa shape index (κ2) is 11.1. The van der Waals surface area contributed by atoms with Gasteiger partial charge < -0.3 is 10.2 Å². The molecule has 0 atom stereocenters. The number of aryl methyl sites for hydroxylation is 1. The number of phenols is 1. The minimum absolute atomic E-state index is 0.0531. The lowest BCUT2D eigenvalue weighted by molar-refractivity contribution is -0.136. The van der Waals surface area contributed by atoms with Gasteiger partial charge in [0.2, 0.25) is 0 Å². The van der Waals surface area contributed by atoms with Crippen LogP contribution >= 0.6 is 0 Å². The van der Waals surface area contributed by atoms with E-state index in [1.165, 1.54) is 31.2 Å². The maximum atomic E-state index is 10.2. The molecule has 0 radical (unpaired) electrons. The summed E-state index contributed by atoms with van der Waals surface area (Å²) in [4.78, 5) is 10.2. The maximum absolute atomic E-state index is 10.2. The summed E-state index contributed by atoms with van der Waals surface area (Å²) in [7, 11) is 0. The Morgan fingerprint density at radius 1 is 1.00 bits per heavy atom. The van der Waals surface area contributed by atoms with Crippen LogP contribution in [0.1, 0.15) is 43.2 Å². The van der Waals surface area contributed by atoms with Crippen molar-refractivity contribution in [1.29, 1.82) is 0 Å². The highest BCUT2D eigenvalue weighted by Crippen LogP contribution is 2.25. The van der Waals surface area contributed by atoms with Gasteiger partial charge in [0.1, 0.15) is 5.75 Å². The van der Waals surface area contributed by atoms with Crippen LogP contribution in [0.25, 0.3) is 0 Å². The van der Waals surface area contributed by atoms with Gasteiger partial charge in [-0.15, -0.1) is 0 Å². The zero-order valence-corrected chi connectivity index (χ0v) is 15.2. The van der Waals surface area contributed by atoms with Crippen LogP contribution in [-0.2, 0) is 17.6 Å². The Morgan fingerprint density at radius 2 is 1.65 bits per heavy atom. The van der Waals surface area contributed by atoms with Crippen LogP contribution in [0.5, 0.6) is 5.75 Å². The summed E-state index contributed by atoms with van der Waals surface area (Å²) < 4.78 is 0. The normalized spacial score (nSPS) is 14.2. The monoisotopic (exact) mass is 352 g/mol. The second-order valence-electron chi connectivity index (χ2n) is 6.68. The Morgan fingerprint density at radius 3 is 2.31 bits per heavy atom. The predicted octanol–water partition coefficient (Wildman–Crippen LogP) is 5.38. The van der Waals surface area contributed by atoms with Gasteiger partial charge in [0.05, 0.1) is 0 Å². The third kappa shape index (κ3) is 7.56. The molecular formula is C23H28O3. The van der Waals surface area contributed by atoms with E-state index >= 15 is 0 Å². The van der Waals surface area contributed by atoms with Gasteiger partial charge in [-0.3, -0.25) is 4.79 Å². The van der Waals surface area contributed by atoms with Crippen LogP contribution < -0.4 is 0 Å². The zero-order chi connectivity index (χ0) is 18.6. The Kier molecular flexibility index (Phi) is 8.47. The summed E-state index contributed by atoms with van der Waals surface area (Å²) in [6.45, 7) is 0. The molecule has 2 aromatic carbocycles. The fraction of sp³-hybridized carbons (Fsp3) is 0.348. The third-order valence-electron chi connectivity index (χ3n) is 4.60. The van der Waals surface area contributed by atoms with E-state index < -0.39 is 5.97 Å². The summed E-state index contributed by atoms with van der Waals surface area (Å²) in [5, 5.41) is 17.6. The molecule has 2 N–H and O–H groups in total. The summed E-state index contributed by atoms with van der Waals surface area (Å²) in [5.41, 5.74) is 2.10. The lowest BCUT2D eigenvalue weighted by Gasteiger charge is -2.00. The number of hydrogen-bond donors (Lipinski definition) is 2. The molecule has 3 heteroatoms. The van der Waals surface area contributed by atoms with Crippen molar-refractivity contribution >= 4 is 5.97 Å². The molecule has 3 nitrogen and oxygen atoms in total. The van der Waals surface area contributed by atoms with Gasteiger partial charge in [-0.1, -0.05) is 73.5 Å². The van der Waals surface area contributed by atoms with E-state index in [1.807, 2.05) is 0 Å². The number of phenolic OH excluding ortho intramolecular Hbond substituents is 1. The Labute approximate surface area is 156 Å². The van der Waals surface area contributed by atoms with Gasteiger partial charge in [-0.25, -0.2) is 0 Å². The fourth-order valence-corrected chi connectivity index (χ4v) is 3.12. The lowest BCUT2D eigenvalue weighted by atomic mass is 10.1. The molecule has 0 amide bonds. The van der Waals surface area contributed by atoms with Crippen molar-refractivity contribution < 1.29 is 15.0 Å². The minimum atomic E-state index is -0.849. The van der Waals surface area contributed by atoms with Crippen molar-refractivity contribution in [3.8, 4) is 5.75 Å². The molecule has 0 heterocycles. The molecular weight excluding hydrogens is 324 g/mol. The van der Waals surface area contributed by atoms with E-state index in [4.69, 9.17) is 5.11 Å². The van der Waals surface area contributed by atoms with Gasteiger partial charge in [-0.05, 0) is 48.8 Å². The summed E-state index contributed by atoms with van der Waals surface area (Å²) in [6, 6.07) is 17.4. The largest absolute Gasteiger partial charge is 0.508 e. The number of aromatic hydroxyl groups is 1. The quantitative estimate of drug-likeness (QED) is 0.686. The van der Waals surface area contributed by atoms with Crippen LogP contribution in [-0.4, -0.2) is 16.2 Å². The first-order valence-electron chi connectivity index (χ1n) is 9.34. The smallest absolute Gasteiger partial charge is 0.303 e. The van der Waals surface area contributed by atoms with Crippen LogP contribution in [0.4, 0.5) is 0 Å². The number of para-hydroxylation sites is 1. The first-order chi connectivity index (χ1) is 12.6. The van der Waals surface area contributed by atoms with Crippen LogP contribution in [0.2, 0.25) is 0 Å². The van der Waals surface area contributed by atoms with Crippen molar-refractivity contribution in [3.63, 3.8) is 0 Å². The van der Waals surface area contributed by atoms with E-state index in [2.05, 4.69) is 42.5 Å². The van der Waals surface area contributed by atoms with Crippen LogP contribution in [0.3, 0.4) is 0 Å². The summed E-state index contributed by atoms with van der Waals surface area (Å²) >= 11 is 0. The average molecular weight is 352 g/mol. The number of carboxylic acid groups (broad SMARTS) is 1. The molecule has 138 valence electrons. The standard InChI is InChI=1S/C14H18.C9H10O3/c1-2-7-13(8-3-1)11-6-12-14-9-4-5-10-14;10-8-4-2-1-3-7(8)5-6-9(11)12/h1-3,6-8,12,14H,4-5,9-11H2;1-4,10H,5-6H2,(H,11,12)/b12-6+;. The molecule has 0 spiro atoms. The van der Waals surface area contributed by atoms with E-state index in [9.17, 15) is 9.90 Å². The van der Waals surface area contributed by atoms with E-state index in [0.717, 1.165) is 12.3 Å². The highest BCUT2D eigenvalue weighted by molar-refractivity contribution is 5.67. The zero-order valence-electron chi connectivity index (χ0n) is 15.2. The van der Waals surface area contributed by atoms with Gasteiger partial charge in [0.25, 0.3) is 0 Å². The SMILES string of the molecule is C(=C\C1CCCC1)/Cc1ccccc1.O=C(O)CCc1ccccc1O.